The van der Waals surface area contributed by atoms with E-state index < -0.39 is 0 Å². The largest absolute Gasteiger partial charge is 0.253 e. The summed E-state index contributed by atoms with van der Waals surface area (Å²) in [5.74, 6) is 0.185. The average molecular weight is 428 g/mol. The molecule has 4 aromatic rings. The standard InChI is InChI=1S/C32H29N/c1-21-18-22(2)32(23(3)19-21)33-24(4)27-15-10-11-17-29(27)31-28-16-9-8-14-26(28)20-30(31)25-12-6-5-7-13-25/h5-20,31H,1-4H3/b33-24+. The summed E-state index contributed by atoms with van der Waals surface area (Å²) in [6.07, 6.45) is 2.35. The number of nitrogens with zero attached hydrogens (tertiary/aromatic N) is 1. The topological polar surface area (TPSA) is 12.4 Å². The normalized spacial score (nSPS) is 15.3. The van der Waals surface area contributed by atoms with Crippen molar-refractivity contribution in [3.05, 3.63) is 136 Å². The van der Waals surface area contributed by atoms with Gasteiger partial charge in [-0.2, -0.15) is 0 Å². The molecule has 0 fully saturated rings. The monoisotopic (exact) mass is 427 g/mol. The molecule has 4 aromatic carbocycles. The van der Waals surface area contributed by atoms with Crippen molar-refractivity contribution in [2.45, 2.75) is 33.6 Å². The number of allylic oxidation sites excluding steroid dienone is 1. The van der Waals surface area contributed by atoms with Gasteiger partial charge in [0.2, 0.25) is 0 Å². The van der Waals surface area contributed by atoms with Crippen molar-refractivity contribution in [3.8, 4) is 0 Å². The fourth-order valence-corrected chi connectivity index (χ4v) is 5.19. The Morgan fingerprint density at radius 2 is 1.30 bits per heavy atom. The van der Waals surface area contributed by atoms with Crippen LogP contribution in [0.2, 0.25) is 0 Å². The minimum atomic E-state index is 0.185. The SMILES string of the molecule is C/C(=N\c1c(C)cc(C)cc1C)c1ccccc1C1C(c2ccccc2)=Cc2ccccc21. The number of rotatable bonds is 4. The third-order valence-electron chi connectivity index (χ3n) is 6.61. The van der Waals surface area contributed by atoms with E-state index in [1.165, 1.54) is 50.1 Å². The highest BCUT2D eigenvalue weighted by atomic mass is 14.8. The molecule has 0 spiro atoms. The zero-order chi connectivity index (χ0) is 22.9. The van der Waals surface area contributed by atoms with Crippen LogP contribution in [0.3, 0.4) is 0 Å². The van der Waals surface area contributed by atoms with Crippen LogP contribution in [0, 0.1) is 20.8 Å². The van der Waals surface area contributed by atoms with Crippen LogP contribution in [-0.2, 0) is 0 Å². The number of hydrogen-bond acceptors (Lipinski definition) is 1. The van der Waals surface area contributed by atoms with Crippen molar-refractivity contribution in [1.82, 2.24) is 0 Å². The molecule has 1 aliphatic rings. The average Bonchev–Trinajstić information content (AvgIpc) is 3.21. The van der Waals surface area contributed by atoms with Gasteiger partial charge in [-0.1, -0.05) is 96.6 Å². The van der Waals surface area contributed by atoms with Crippen LogP contribution in [0.15, 0.2) is 96.0 Å². The number of aryl methyl sites for hydroxylation is 3. The minimum Gasteiger partial charge on any atom is -0.253 e. The zero-order valence-corrected chi connectivity index (χ0v) is 19.8. The highest BCUT2D eigenvalue weighted by Gasteiger charge is 2.29. The van der Waals surface area contributed by atoms with Crippen molar-refractivity contribution in [2.24, 2.45) is 4.99 Å². The lowest BCUT2D eigenvalue weighted by Crippen LogP contribution is -2.08. The Bertz CT molecular complexity index is 1370. The predicted octanol–water partition coefficient (Wildman–Crippen LogP) is 8.44. The third-order valence-corrected chi connectivity index (χ3v) is 6.61. The Balaban J connectivity index is 1.66. The van der Waals surface area contributed by atoms with E-state index in [0.29, 0.717) is 0 Å². The Kier molecular flexibility index (Phi) is 5.56. The van der Waals surface area contributed by atoms with E-state index in [0.717, 1.165) is 11.4 Å². The third kappa shape index (κ3) is 3.96. The van der Waals surface area contributed by atoms with Crippen molar-refractivity contribution >= 4 is 23.0 Å². The number of hydrogen-bond donors (Lipinski definition) is 0. The first-order chi connectivity index (χ1) is 16.0. The van der Waals surface area contributed by atoms with E-state index in [9.17, 15) is 0 Å². The van der Waals surface area contributed by atoms with Crippen molar-refractivity contribution in [2.75, 3.05) is 0 Å². The number of benzene rings is 4. The van der Waals surface area contributed by atoms with Gasteiger partial charge in [-0.05, 0) is 78.3 Å². The minimum absolute atomic E-state index is 0.185. The molecule has 0 amide bonds. The molecule has 1 heteroatoms. The lowest BCUT2D eigenvalue weighted by atomic mass is 9.82. The van der Waals surface area contributed by atoms with E-state index in [1.54, 1.807) is 0 Å². The molecule has 0 N–H and O–H groups in total. The van der Waals surface area contributed by atoms with Crippen LogP contribution >= 0.6 is 0 Å². The van der Waals surface area contributed by atoms with E-state index in [4.69, 9.17) is 4.99 Å². The quantitative estimate of drug-likeness (QED) is 0.290. The van der Waals surface area contributed by atoms with Gasteiger partial charge in [-0.15, -0.1) is 0 Å². The van der Waals surface area contributed by atoms with Gasteiger partial charge in [0.05, 0.1) is 5.69 Å². The van der Waals surface area contributed by atoms with E-state index in [-0.39, 0.29) is 5.92 Å². The van der Waals surface area contributed by atoms with Gasteiger partial charge >= 0.3 is 0 Å². The van der Waals surface area contributed by atoms with Crippen LogP contribution in [0.5, 0.6) is 0 Å². The Morgan fingerprint density at radius 3 is 2.03 bits per heavy atom. The fraction of sp³-hybridized carbons (Fsp3) is 0.156. The maximum Gasteiger partial charge on any atom is 0.0691 e. The van der Waals surface area contributed by atoms with Crippen LogP contribution in [-0.4, -0.2) is 5.71 Å². The summed E-state index contributed by atoms with van der Waals surface area (Å²) in [6.45, 7) is 8.60. The van der Waals surface area contributed by atoms with E-state index in [2.05, 4.69) is 125 Å². The van der Waals surface area contributed by atoms with Gasteiger partial charge < -0.3 is 0 Å². The van der Waals surface area contributed by atoms with Crippen molar-refractivity contribution in [3.63, 3.8) is 0 Å². The molecule has 162 valence electrons. The molecule has 0 aromatic heterocycles. The molecule has 33 heavy (non-hydrogen) atoms. The summed E-state index contributed by atoms with van der Waals surface area (Å²) in [5.41, 5.74) is 13.7. The first-order valence-electron chi connectivity index (χ1n) is 11.6. The molecule has 0 heterocycles. The maximum atomic E-state index is 5.15. The first-order valence-corrected chi connectivity index (χ1v) is 11.6. The van der Waals surface area contributed by atoms with E-state index >= 15 is 0 Å². The molecule has 0 saturated carbocycles. The highest BCUT2D eigenvalue weighted by Crippen LogP contribution is 2.46. The molecule has 0 aliphatic heterocycles. The van der Waals surface area contributed by atoms with Gasteiger partial charge in [0.25, 0.3) is 0 Å². The highest BCUT2D eigenvalue weighted by molar-refractivity contribution is 6.04. The number of aliphatic imine (C=N–C) groups is 1. The second-order valence-electron chi connectivity index (χ2n) is 9.06. The maximum absolute atomic E-state index is 5.15. The molecule has 0 saturated heterocycles. The predicted molar refractivity (Wildman–Crippen MR) is 142 cm³/mol. The first kappa shape index (κ1) is 21.2. The van der Waals surface area contributed by atoms with E-state index in [1.807, 2.05) is 0 Å². The van der Waals surface area contributed by atoms with Gasteiger partial charge in [0.15, 0.2) is 0 Å². The molecule has 0 bridgehead atoms. The van der Waals surface area contributed by atoms with Crippen LogP contribution < -0.4 is 0 Å². The van der Waals surface area contributed by atoms with Crippen LogP contribution in [0.25, 0.3) is 11.6 Å². The second-order valence-corrected chi connectivity index (χ2v) is 9.06. The van der Waals surface area contributed by atoms with Crippen LogP contribution in [0.4, 0.5) is 5.69 Å². The second kappa shape index (κ2) is 8.67. The lowest BCUT2D eigenvalue weighted by Gasteiger charge is -2.21. The van der Waals surface area contributed by atoms with Gasteiger partial charge in [-0.25, -0.2) is 0 Å². The van der Waals surface area contributed by atoms with Gasteiger partial charge in [0, 0.05) is 11.6 Å². The summed E-state index contributed by atoms with van der Waals surface area (Å²) < 4.78 is 0. The summed E-state index contributed by atoms with van der Waals surface area (Å²) in [4.78, 5) is 5.15. The molecule has 1 atom stereocenters. The van der Waals surface area contributed by atoms with Crippen molar-refractivity contribution < 1.29 is 0 Å². The molecular formula is C32H29N. The Labute approximate surface area is 197 Å². The summed E-state index contributed by atoms with van der Waals surface area (Å²) in [5, 5.41) is 0. The van der Waals surface area contributed by atoms with Crippen LogP contribution in [0.1, 0.15) is 57.3 Å². The molecule has 0 radical (unpaired) electrons. The van der Waals surface area contributed by atoms with Gasteiger partial charge in [-0.3, -0.25) is 4.99 Å². The smallest absolute Gasteiger partial charge is 0.0691 e. The summed E-state index contributed by atoms with van der Waals surface area (Å²) in [6, 6.07) is 32.7. The van der Waals surface area contributed by atoms with Gasteiger partial charge in [0.1, 0.15) is 0 Å². The molecule has 1 unspecified atom stereocenters. The zero-order valence-electron chi connectivity index (χ0n) is 19.8. The number of fused-ring (bicyclic) bond motifs is 1. The van der Waals surface area contributed by atoms with Crippen molar-refractivity contribution in [1.29, 1.82) is 0 Å². The molecule has 1 aliphatic carbocycles. The summed E-state index contributed by atoms with van der Waals surface area (Å²) >= 11 is 0. The molecular weight excluding hydrogens is 398 g/mol. The Morgan fingerprint density at radius 1 is 0.697 bits per heavy atom. The molecule has 5 rings (SSSR count). The fourth-order valence-electron chi connectivity index (χ4n) is 5.19. The lowest BCUT2D eigenvalue weighted by molar-refractivity contribution is 1.06. The Hall–Kier alpha value is -3.71. The summed E-state index contributed by atoms with van der Waals surface area (Å²) in [7, 11) is 0. The molecule has 1 nitrogen and oxygen atoms in total.